The molecule has 4 rings (SSSR count). The molecule has 2 aromatic carbocycles. The highest BCUT2D eigenvalue weighted by molar-refractivity contribution is 5.95. The normalized spacial score (nSPS) is 14.5. The second-order valence-electron chi connectivity index (χ2n) is 5.69. The minimum absolute atomic E-state index is 0.729. The zero-order valence-corrected chi connectivity index (χ0v) is 11.9. The minimum atomic E-state index is 0.729. The Bertz CT molecular complexity index is 770. The van der Waals surface area contributed by atoms with Gasteiger partial charge in [0.2, 0.25) is 0 Å². The van der Waals surface area contributed by atoms with Gasteiger partial charge in [-0.2, -0.15) is 0 Å². The fourth-order valence-corrected chi connectivity index (χ4v) is 2.82. The molecule has 1 heterocycles. The van der Waals surface area contributed by atoms with E-state index in [1.165, 1.54) is 34.9 Å². The van der Waals surface area contributed by atoms with Crippen LogP contribution in [-0.4, -0.2) is 11.0 Å². The molecule has 1 saturated carbocycles. The molecule has 0 atom stereocenters. The number of nitrogens with one attached hydrogen (secondary N) is 1. The molecule has 0 aliphatic heterocycles. The molecule has 2 nitrogen and oxygen atoms in total. The van der Waals surface area contributed by atoms with Gasteiger partial charge in [0, 0.05) is 24.2 Å². The average Bonchev–Trinajstić information content (AvgIpc) is 3.37. The van der Waals surface area contributed by atoms with Gasteiger partial charge in [-0.25, -0.2) is 0 Å². The Hall–Kier alpha value is -2.19. The lowest BCUT2D eigenvalue weighted by Gasteiger charge is -2.12. The highest BCUT2D eigenvalue weighted by atomic mass is 14.9. The third-order valence-electron chi connectivity index (χ3n) is 4.11. The fourth-order valence-electron chi connectivity index (χ4n) is 2.82. The lowest BCUT2D eigenvalue weighted by molar-refractivity contribution is 0.689. The second-order valence-corrected chi connectivity index (χ2v) is 5.69. The molecule has 2 heteroatoms. The lowest BCUT2D eigenvalue weighted by Crippen LogP contribution is -2.15. The molecular weight excluding hydrogens is 256 g/mol. The zero-order valence-electron chi connectivity index (χ0n) is 11.9. The molecule has 0 spiro atoms. The molecule has 1 N–H and O–H groups in total. The third-order valence-corrected chi connectivity index (χ3v) is 4.11. The van der Waals surface area contributed by atoms with Gasteiger partial charge in [-0.3, -0.25) is 4.98 Å². The molecule has 21 heavy (non-hydrogen) atoms. The first-order chi connectivity index (χ1) is 10.4. The predicted molar refractivity (Wildman–Crippen MR) is 87.0 cm³/mol. The first-order valence-corrected chi connectivity index (χ1v) is 7.57. The van der Waals surface area contributed by atoms with Crippen LogP contribution in [0, 0.1) is 0 Å². The van der Waals surface area contributed by atoms with E-state index in [2.05, 4.69) is 58.8 Å². The van der Waals surface area contributed by atoms with Crippen LogP contribution >= 0.6 is 0 Å². The van der Waals surface area contributed by atoms with Crippen LogP contribution in [0.25, 0.3) is 22.0 Å². The molecule has 0 unspecified atom stereocenters. The SMILES string of the molecule is c1ccc(-c2cccc3ncccc23)c(CNC2CC2)c1. The summed E-state index contributed by atoms with van der Waals surface area (Å²) in [5, 5.41) is 4.84. The molecule has 1 aliphatic carbocycles. The van der Waals surface area contributed by atoms with Gasteiger partial charge in [0.05, 0.1) is 5.52 Å². The number of aromatic nitrogens is 1. The molecule has 0 amide bonds. The molecule has 0 radical (unpaired) electrons. The fraction of sp³-hybridized carbons (Fsp3) is 0.211. The molecule has 1 fully saturated rings. The first-order valence-electron chi connectivity index (χ1n) is 7.57. The maximum absolute atomic E-state index is 4.47. The summed E-state index contributed by atoms with van der Waals surface area (Å²) in [4.78, 5) is 4.47. The predicted octanol–water partition coefficient (Wildman–Crippen LogP) is 4.15. The van der Waals surface area contributed by atoms with Crippen molar-refractivity contribution in [2.75, 3.05) is 0 Å². The van der Waals surface area contributed by atoms with E-state index in [-0.39, 0.29) is 0 Å². The van der Waals surface area contributed by atoms with Gasteiger partial charge in [-0.15, -0.1) is 0 Å². The van der Waals surface area contributed by atoms with E-state index >= 15 is 0 Å². The minimum Gasteiger partial charge on any atom is -0.310 e. The van der Waals surface area contributed by atoms with Crippen LogP contribution < -0.4 is 5.32 Å². The monoisotopic (exact) mass is 274 g/mol. The van der Waals surface area contributed by atoms with Crippen molar-refractivity contribution in [1.29, 1.82) is 0 Å². The van der Waals surface area contributed by atoms with Crippen LogP contribution in [0.15, 0.2) is 60.8 Å². The van der Waals surface area contributed by atoms with Crippen molar-refractivity contribution in [3.63, 3.8) is 0 Å². The summed E-state index contributed by atoms with van der Waals surface area (Å²) in [6.07, 6.45) is 4.49. The second kappa shape index (κ2) is 5.30. The van der Waals surface area contributed by atoms with Gasteiger partial charge < -0.3 is 5.32 Å². The number of hydrogen-bond acceptors (Lipinski definition) is 2. The highest BCUT2D eigenvalue weighted by Gasteiger charge is 2.20. The molecule has 104 valence electrons. The van der Waals surface area contributed by atoms with Crippen LogP contribution in [-0.2, 0) is 6.54 Å². The Morgan fingerprint density at radius 1 is 0.905 bits per heavy atom. The molecular formula is C19H18N2. The number of rotatable bonds is 4. The zero-order chi connectivity index (χ0) is 14.1. The Morgan fingerprint density at radius 3 is 2.67 bits per heavy atom. The van der Waals surface area contributed by atoms with Crippen molar-refractivity contribution < 1.29 is 0 Å². The summed E-state index contributed by atoms with van der Waals surface area (Å²) >= 11 is 0. The number of hydrogen-bond donors (Lipinski definition) is 1. The lowest BCUT2D eigenvalue weighted by atomic mass is 9.96. The molecule has 0 bridgehead atoms. The van der Waals surface area contributed by atoms with Gasteiger partial charge in [0.15, 0.2) is 0 Å². The van der Waals surface area contributed by atoms with Gasteiger partial charge in [0.25, 0.3) is 0 Å². The van der Waals surface area contributed by atoms with E-state index in [1.807, 2.05) is 12.3 Å². The molecule has 3 aromatic rings. The quantitative estimate of drug-likeness (QED) is 0.773. The first kappa shape index (κ1) is 12.5. The molecule has 0 saturated heterocycles. The van der Waals surface area contributed by atoms with Gasteiger partial charge in [-0.05, 0) is 41.7 Å². The van der Waals surface area contributed by atoms with Crippen molar-refractivity contribution >= 4 is 10.9 Å². The summed E-state index contributed by atoms with van der Waals surface area (Å²) < 4.78 is 0. The van der Waals surface area contributed by atoms with Gasteiger partial charge in [0.1, 0.15) is 0 Å². The number of fused-ring (bicyclic) bond motifs is 1. The highest BCUT2D eigenvalue weighted by Crippen LogP contribution is 2.30. The van der Waals surface area contributed by atoms with Crippen LogP contribution in [0.2, 0.25) is 0 Å². The summed E-state index contributed by atoms with van der Waals surface area (Å²) in [5.41, 5.74) is 5.00. The largest absolute Gasteiger partial charge is 0.310 e. The molecule has 1 aromatic heterocycles. The summed E-state index contributed by atoms with van der Waals surface area (Å²) in [6, 6.07) is 19.9. The van der Waals surface area contributed by atoms with E-state index in [1.54, 1.807) is 0 Å². The van der Waals surface area contributed by atoms with E-state index in [9.17, 15) is 0 Å². The van der Waals surface area contributed by atoms with E-state index in [4.69, 9.17) is 0 Å². The molecule has 1 aliphatic rings. The Kier molecular flexibility index (Phi) is 3.17. The van der Waals surface area contributed by atoms with Gasteiger partial charge in [-0.1, -0.05) is 42.5 Å². The number of nitrogens with zero attached hydrogens (tertiary/aromatic N) is 1. The van der Waals surface area contributed by atoms with Crippen molar-refractivity contribution in [1.82, 2.24) is 10.3 Å². The van der Waals surface area contributed by atoms with Crippen LogP contribution in [0.4, 0.5) is 0 Å². The van der Waals surface area contributed by atoms with E-state index < -0.39 is 0 Å². The Morgan fingerprint density at radius 2 is 1.76 bits per heavy atom. The van der Waals surface area contributed by atoms with Crippen LogP contribution in [0.3, 0.4) is 0 Å². The average molecular weight is 274 g/mol. The topological polar surface area (TPSA) is 24.9 Å². The van der Waals surface area contributed by atoms with Crippen molar-refractivity contribution in [3.8, 4) is 11.1 Å². The summed E-state index contributed by atoms with van der Waals surface area (Å²) in [6.45, 7) is 0.942. The van der Waals surface area contributed by atoms with Crippen molar-refractivity contribution in [2.24, 2.45) is 0 Å². The smallest absolute Gasteiger partial charge is 0.0708 e. The Balaban J connectivity index is 1.80. The van der Waals surface area contributed by atoms with Crippen molar-refractivity contribution in [3.05, 3.63) is 66.4 Å². The third kappa shape index (κ3) is 2.55. The standard InChI is InChI=1S/C19H18N2/c1-2-6-16(14(5-1)13-21-15-10-11-15)17-7-3-9-19-18(17)8-4-12-20-19/h1-9,12,15,21H,10-11,13H2. The van der Waals surface area contributed by atoms with E-state index in [0.29, 0.717) is 0 Å². The maximum Gasteiger partial charge on any atom is 0.0708 e. The van der Waals surface area contributed by atoms with Crippen LogP contribution in [0.1, 0.15) is 18.4 Å². The Labute approximate surface area is 124 Å². The maximum atomic E-state index is 4.47. The van der Waals surface area contributed by atoms with Crippen LogP contribution in [0.5, 0.6) is 0 Å². The summed E-state index contributed by atoms with van der Waals surface area (Å²) in [7, 11) is 0. The number of pyridine rings is 1. The van der Waals surface area contributed by atoms with Crippen molar-refractivity contribution in [2.45, 2.75) is 25.4 Å². The summed E-state index contributed by atoms with van der Waals surface area (Å²) in [5.74, 6) is 0. The number of benzene rings is 2. The van der Waals surface area contributed by atoms with E-state index in [0.717, 1.165) is 18.1 Å². The van der Waals surface area contributed by atoms with Gasteiger partial charge >= 0.3 is 0 Å².